The van der Waals surface area contributed by atoms with Crippen molar-refractivity contribution in [3.63, 3.8) is 0 Å². The Balaban J connectivity index is 2.14. The molecule has 2 aromatic carbocycles. The van der Waals surface area contributed by atoms with E-state index >= 15 is 0 Å². The summed E-state index contributed by atoms with van der Waals surface area (Å²) in [5, 5.41) is 2.77. The average molecular weight is 382 g/mol. The van der Waals surface area contributed by atoms with E-state index in [-0.39, 0.29) is 18.4 Å². The Morgan fingerprint density at radius 2 is 1.71 bits per heavy atom. The van der Waals surface area contributed by atoms with E-state index in [0.29, 0.717) is 17.9 Å². The van der Waals surface area contributed by atoms with E-state index in [1.54, 1.807) is 31.2 Å². The lowest BCUT2D eigenvalue weighted by atomic mass is 10.0. The Hall–Kier alpha value is -3.15. The molecule has 2 aromatic rings. The van der Waals surface area contributed by atoms with E-state index in [4.69, 9.17) is 4.74 Å². The van der Waals surface area contributed by atoms with Crippen molar-refractivity contribution in [3.8, 4) is 0 Å². The monoisotopic (exact) mass is 382 g/mol. The molecule has 6 nitrogen and oxygen atoms in total. The molecular weight excluding hydrogens is 356 g/mol. The first-order valence-electron chi connectivity index (χ1n) is 9.31. The standard InChI is InChI=1S/C22H26N2O4/c1-5-17-9-7-8-15(3)21(17)24(16(4)25)14-20(26)23-19-12-10-18(11-13-19)22(27)28-6-2/h7-13H,5-6,14H2,1-4H3,(H,23,26). The molecule has 0 bridgehead atoms. The molecule has 2 rings (SSSR count). The van der Waals surface area contributed by atoms with Gasteiger partial charge < -0.3 is 15.0 Å². The zero-order valence-electron chi connectivity index (χ0n) is 16.7. The van der Waals surface area contributed by atoms with Crippen LogP contribution in [0.5, 0.6) is 0 Å². The number of nitrogens with one attached hydrogen (secondary N) is 1. The van der Waals surface area contributed by atoms with Crippen LogP contribution in [0, 0.1) is 6.92 Å². The molecule has 0 spiro atoms. The van der Waals surface area contributed by atoms with Gasteiger partial charge in [0.05, 0.1) is 17.9 Å². The van der Waals surface area contributed by atoms with Crippen molar-refractivity contribution in [2.75, 3.05) is 23.4 Å². The van der Waals surface area contributed by atoms with Crippen LogP contribution < -0.4 is 10.2 Å². The SMILES string of the molecule is CCOC(=O)c1ccc(NC(=O)CN(C(C)=O)c2c(C)cccc2CC)cc1. The van der Waals surface area contributed by atoms with Gasteiger partial charge in [0, 0.05) is 12.6 Å². The molecule has 0 saturated carbocycles. The van der Waals surface area contributed by atoms with Crippen LogP contribution >= 0.6 is 0 Å². The van der Waals surface area contributed by atoms with Gasteiger partial charge in [0.15, 0.2) is 0 Å². The molecule has 0 unspecified atom stereocenters. The van der Waals surface area contributed by atoms with Gasteiger partial charge in [-0.05, 0) is 55.7 Å². The van der Waals surface area contributed by atoms with E-state index in [0.717, 1.165) is 23.2 Å². The summed E-state index contributed by atoms with van der Waals surface area (Å²) >= 11 is 0. The fraction of sp³-hybridized carbons (Fsp3) is 0.318. The second-order valence-corrected chi connectivity index (χ2v) is 6.39. The van der Waals surface area contributed by atoms with Gasteiger partial charge in [-0.3, -0.25) is 9.59 Å². The molecule has 0 aliphatic rings. The molecule has 1 N–H and O–H groups in total. The molecule has 0 aliphatic carbocycles. The summed E-state index contributed by atoms with van der Waals surface area (Å²) in [5.41, 5.74) is 3.70. The highest BCUT2D eigenvalue weighted by atomic mass is 16.5. The maximum Gasteiger partial charge on any atom is 0.338 e. The predicted molar refractivity (Wildman–Crippen MR) is 110 cm³/mol. The topological polar surface area (TPSA) is 75.7 Å². The number of ether oxygens (including phenoxy) is 1. The average Bonchev–Trinajstić information content (AvgIpc) is 2.66. The number of rotatable bonds is 7. The smallest absolute Gasteiger partial charge is 0.338 e. The van der Waals surface area contributed by atoms with Crippen LogP contribution in [-0.4, -0.2) is 30.9 Å². The summed E-state index contributed by atoms with van der Waals surface area (Å²) in [5.74, 6) is -0.920. The number of benzene rings is 2. The van der Waals surface area contributed by atoms with E-state index in [1.165, 1.54) is 11.8 Å². The lowest BCUT2D eigenvalue weighted by Gasteiger charge is -2.25. The molecule has 0 aromatic heterocycles. The molecule has 0 radical (unpaired) electrons. The number of aryl methyl sites for hydroxylation is 2. The van der Waals surface area contributed by atoms with Gasteiger partial charge >= 0.3 is 5.97 Å². The Morgan fingerprint density at radius 3 is 2.29 bits per heavy atom. The van der Waals surface area contributed by atoms with Crippen molar-refractivity contribution >= 4 is 29.2 Å². The molecular formula is C22H26N2O4. The molecule has 0 atom stereocenters. The van der Waals surface area contributed by atoms with Crippen LogP contribution in [0.2, 0.25) is 0 Å². The molecule has 0 heterocycles. The second-order valence-electron chi connectivity index (χ2n) is 6.39. The normalized spacial score (nSPS) is 10.3. The maximum atomic E-state index is 12.5. The summed E-state index contributed by atoms with van der Waals surface area (Å²) in [6.45, 7) is 7.35. The zero-order valence-corrected chi connectivity index (χ0v) is 16.7. The van der Waals surface area contributed by atoms with Crippen molar-refractivity contribution in [1.82, 2.24) is 0 Å². The molecule has 0 saturated heterocycles. The Morgan fingerprint density at radius 1 is 1.04 bits per heavy atom. The molecule has 148 valence electrons. The Kier molecular flexibility index (Phi) is 7.32. The van der Waals surface area contributed by atoms with Crippen molar-refractivity contribution in [1.29, 1.82) is 0 Å². The third-order valence-corrected chi connectivity index (χ3v) is 4.33. The third kappa shape index (κ3) is 5.19. The minimum atomic E-state index is -0.408. The van der Waals surface area contributed by atoms with E-state index in [1.807, 2.05) is 32.0 Å². The third-order valence-electron chi connectivity index (χ3n) is 4.33. The quantitative estimate of drug-likeness (QED) is 0.741. The summed E-state index contributed by atoms with van der Waals surface area (Å²) in [6, 6.07) is 12.3. The zero-order chi connectivity index (χ0) is 20.7. The number of hydrogen-bond donors (Lipinski definition) is 1. The van der Waals surface area contributed by atoms with Crippen LogP contribution in [0.4, 0.5) is 11.4 Å². The minimum absolute atomic E-state index is 0.0905. The number of nitrogens with zero attached hydrogens (tertiary/aromatic N) is 1. The minimum Gasteiger partial charge on any atom is -0.462 e. The van der Waals surface area contributed by atoms with Gasteiger partial charge in [-0.2, -0.15) is 0 Å². The highest BCUT2D eigenvalue weighted by molar-refractivity contribution is 6.02. The fourth-order valence-corrected chi connectivity index (χ4v) is 2.99. The number of anilines is 2. The van der Waals surface area contributed by atoms with E-state index in [2.05, 4.69) is 5.32 Å². The maximum absolute atomic E-state index is 12.5. The predicted octanol–water partition coefficient (Wildman–Crippen LogP) is 3.73. The highest BCUT2D eigenvalue weighted by Gasteiger charge is 2.20. The van der Waals surface area contributed by atoms with Gasteiger partial charge in [0.1, 0.15) is 6.54 Å². The van der Waals surface area contributed by atoms with E-state index < -0.39 is 5.97 Å². The Bertz CT molecular complexity index is 859. The van der Waals surface area contributed by atoms with Crippen molar-refractivity contribution in [3.05, 3.63) is 59.2 Å². The molecule has 28 heavy (non-hydrogen) atoms. The van der Waals surface area contributed by atoms with Crippen molar-refractivity contribution < 1.29 is 19.1 Å². The van der Waals surface area contributed by atoms with E-state index in [9.17, 15) is 14.4 Å². The number of carbonyl (C=O) groups is 3. The number of hydrogen-bond acceptors (Lipinski definition) is 4. The van der Waals surface area contributed by atoms with Crippen molar-refractivity contribution in [2.24, 2.45) is 0 Å². The molecule has 2 amide bonds. The lowest BCUT2D eigenvalue weighted by Crippen LogP contribution is -2.37. The summed E-state index contributed by atoms with van der Waals surface area (Å²) in [7, 11) is 0. The number of esters is 1. The fourth-order valence-electron chi connectivity index (χ4n) is 2.99. The van der Waals surface area contributed by atoms with Crippen LogP contribution in [0.1, 0.15) is 42.3 Å². The largest absolute Gasteiger partial charge is 0.462 e. The first kappa shape index (κ1) is 21.2. The molecule has 0 fully saturated rings. The van der Waals surface area contributed by atoms with Crippen LogP contribution in [0.3, 0.4) is 0 Å². The summed E-state index contributed by atoms with van der Waals surface area (Å²) in [4.78, 5) is 38.0. The summed E-state index contributed by atoms with van der Waals surface area (Å²) in [6.07, 6.45) is 0.762. The molecule has 0 aliphatic heterocycles. The number of para-hydroxylation sites is 1. The van der Waals surface area contributed by atoms with Gasteiger partial charge in [0.2, 0.25) is 11.8 Å². The van der Waals surface area contributed by atoms with Gasteiger partial charge in [-0.25, -0.2) is 4.79 Å². The van der Waals surface area contributed by atoms with Crippen molar-refractivity contribution in [2.45, 2.75) is 34.1 Å². The highest BCUT2D eigenvalue weighted by Crippen LogP contribution is 2.26. The van der Waals surface area contributed by atoms with Gasteiger partial charge in [0.25, 0.3) is 0 Å². The second kappa shape index (κ2) is 9.69. The molecule has 6 heteroatoms. The first-order valence-corrected chi connectivity index (χ1v) is 9.31. The van der Waals surface area contributed by atoms with Gasteiger partial charge in [-0.1, -0.05) is 25.1 Å². The first-order chi connectivity index (χ1) is 13.4. The lowest BCUT2D eigenvalue weighted by molar-refractivity contribution is -0.120. The summed E-state index contributed by atoms with van der Waals surface area (Å²) < 4.78 is 4.94. The number of carbonyl (C=O) groups excluding carboxylic acids is 3. The van der Waals surface area contributed by atoms with Gasteiger partial charge in [-0.15, -0.1) is 0 Å². The van der Waals surface area contributed by atoms with Crippen LogP contribution in [-0.2, 0) is 20.7 Å². The van der Waals surface area contributed by atoms with Crippen LogP contribution in [0.25, 0.3) is 0 Å². The van der Waals surface area contributed by atoms with Crippen LogP contribution in [0.15, 0.2) is 42.5 Å². The number of amides is 2. The Labute approximate surface area is 165 Å².